The van der Waals surface area contributed by atoms with Gasteiger partial charge >= 0.3 is 5.97 Å². The number of hydrogen-bond acceptors (Lipinski definition) is 8. The van der Waals surface area contributed by atoms with Crippen molar-refractivity contribution in [3.63, 3.8) is 0 Å². The molecule has 0 aliphatic carbocycles. The first-order chi connectivity index (χ1) is 20.1. The summed E-state index contributed by atoms with van der Waals surface area (Å²) >= 11 is 2.12. The summed E-state index contributed by atoms with van der Waals surface area (Å²) in [5.74, 6) is 1.76. The molecule has 0 saturated heterocycles. The fourth-order valence-electron chi connectivity index (χ4n) is 4.53. The Bertz CT molecular complexity index is 1710. The molecule has 0 spiro atoms. The van der Waals surface area contributed by atoms with Crippen molar-refractivity contribution < 1.29 is 23.7 Å². The molecular formula is C32H34IN3O6. The fourth-order valence-corrected chi connectivity index (χ4v) is 5.28. The fraction of sp³-hybridized carbons (Fsp3) is 0.312. The topological polar surface area (TPSA) is 101 Å². The maximum Gasteiger partial charge on any atom is 0.346 e. The van der Waals surface area contributed by atoms with E-state index in [1.54, 1.807) is 38.4 Å². The molecule has 0 fully saturated rings. The van der Waals surface area contributed by atoms with Crippen LogP contribution in [0.5, 0.6) is 17.2 Å². The molecule has 4 rings (SSSR count). The van der Waals surface area contributed by atoms with Gasteiger partial charge < -0.3 is 18.9 Å². The predicted octanol–water partition coefficient (Wildman–Crippen LogP) is 6.33. The van der Waals surface area contributed by atoms with Gasteiger partial charge in [0.25, 0.3) is 5.56 Å². The van der Waals surface area contributed by atoms with E-state index in [9.17, 15) is 9.59 Å². The van der Waals surface area contributed by atoms with E-state index >= 15 is 0 Å². The normalized spacial score (nSPS) is 12.1. The third-order valence-electron chi connectivity index (χ3n) is 6.68. The second kappa shape index (κ2) is 13.4. The van der Waals surface area contributed by atoms with Gasteiger partial charge in [0.1, 0.15) is 5.75 Å². The van der Waals surface area contributed by atoms with Crippen molar-refractivity contribution in [2.45, 2.75) is 46.6 Å². The Balaban J connectivity index is 1.88. The number of fused-ring (bicyclic) bond motifs is 1. The molecule has 0 aliphatic rings. The molecular weight excluding hydrogens is 649 g/mol. The second-order valence-corrected chi connectivity index (χ2v) is 11.1. The molecule has 0 N–H and O–H groups in total. The summed E-state index contributed by atoms with van der Waals surface area (Å²) in [6, 6.07) is 14.8. The van der Waals surface area contributed by atoms with Crippen LogP contribution in [-0.2, 0) is 9.53 Å². The van der Waals surface area contributed by atoms with Gasteiger partial charge in [-0.05, 0) is 102 Å². The molecule has 9 nitrogen and oxygen atoms in total. The highest BCUT2D eigenvalue weighted by Crippen LogP contribution is 2.36. The number of carbonyl (C=O) groups excluding carboxylic acids is 1. The number of methoxy groups -OCH3 is 2. The SMILES string of the molecule is CCOc1cc(C=Nn2c(-c3cc(C(C)C)c(OC)cc3C)nc3ccccc3c2=O)cc(I)c1O[C@H](C)C(=O)OC. The van der Waals surface area contributed by atoms with Crippen LogP contribution in [0.15, 0.2) is 58.4 Å². The monoisotopic (exact) mass is 683 g/mol. The lowest BCUT2D eigenvalue weighted by atomic mass is 9.96. The summed E-state index contributed by atoms with van der Waals surface area (Å²) in [5, 5.41) is 5.10. The van der Waals surface area contributed by atoms with Crippen LogP contribution in [-0.4, -0.2) is 48.8 Å². The number of ether oxygens (including phenoxy) is 4. The zero-order chi connectivity index (χ0) is 30.6. The molecule has 0 radical (unpaired) electrons. The first-order valence-electron chi connectivity index (χ1n) is 13.5. The van der Waals surface area contributed by atoms with Crippen LogP contribution in [0.1, 0.15) is 50.3 Å². The molecule has 4 aromatic rings. The number of benzene rings is 3. The summed E-state index contributed by atoms with van der Waals surface area (Å²) in [6.07, 6.45) is 0.761. The maximum atomic E-state index is 13.8. The van der Waals surface area contributed by atoms with Crippen molar-refractivity contribution in [3.05, 3.63) is 79.1 Å². The summed E-state index contributed by atoms with van der Waals surface area (Å²) < 4.78 is 24.2. The van der Waals surface area contributed by atoms with E-state index in [2.05, 4.69) is 41.5 Å². The largest absolute Gasteiger partial charge is 0.496 e. The van der Waals surface area contributed by atoms with Gasteiger partial charge in [0.2, 0.25) is 0 Å². The zero-order valence-corrected chi connectivity index (χ0v) is 26.9. The van der Waals surface area contributed by atoms with Crippen LogP contribution in [0, 0.1) is 10.5 Å². The van der Waals surface area contributed by atoms with E-state index < -0.39 is 12.1 Å². The van der Waals surface area contributed by atoms with E-state index in [4.69, 9.17) is 23.9 Å². The summed E-state index contributed by atoms with van der Waals surface area (Å²) in [7, 11) is 2.96. The molecule has 0 bridgehead atoms. The Kier molecular flexibility index (Phi) is 9.87. The number of hydrogen-bond donors (Lipinski definition) is 0. The third kappa shape index (κ3) is 6.43. The minimum Gasteiger partial charge on any atom is -0.496 e. The van der Waals surface area contributed by atoms with Gasteiger partial charge in [0, 0.05) is 5.56 Å². The van der Waals surface area contributed by atoms with Crippen molar-refractivity contribution in [3.8, 4) is 28.6 Å². The maximum absolute atomic E-state index is 13.8. The molecule has 0 amide bonds. The molecule has 3 aromatic carbocycles. The van der Waals surface area contributed by atoms with Crippen LogP contribution in [0.25, 0.3) is 22.3 Å². The second-order valence-electron chi connectivity index (χ2n) is 9.92. The van der Waals surface area contributed by atoms with E-state index in [0.717, 1.165) is 22.4 Å². The molecule has 220 valence electrons. The van der Waals surface area contributed by atoms with Crippen molar-refractivity contribution >= 4 is 45.7 Å². The molecule has 10 heteroatoms. The molecule has 0 saturated carbocycles. The van der Waals surface area contributed by atoms with Gasteiger partial charge in [-0.1, -0.05) is 26.0 Å². The van der Waals surface area contributed by atoms with Crippen LogP contribution in [0.4, 0.5) is 0 Å². The van der Waals surface area contributed by atoms with Crippen molar-refractivity contribution in [2.75, 3.05) is 20.8 Å². The van der Waals surface area contributed by atoms with Gasteiger partial charge in [-0.3, -0.25) is 4.79 Å². The number of nitrogens with zero attached hydrogens (tertiary/aromatic N) is 3. The molecule has 0 aliphatic heterocycles. The zero-order valence-electron chi connectivity index (χ0n) is 24.7. The number of carbonyl (C=O) groups is 1. The average molecular weight is 684 g/mol. The Hall–Kier alpha value is -3.93. The van der Waals surface area contributed by atoms with Crippen LogP contribution < -0.4 is 19.8 Å². The van der Waals surface area contributed by atoms with E-state index in [-0.39, 0.29) is 11.5 Å². The van der Waals surface area contributed by atoms with Gasteiger partial charge in [-0.15, -0.1) is 0 Å². The Labute approximate surface area is 258 Å². The number of para-hydroxylation sites is 1. The van der Waals surface area contributed by atoms with E-state index in [1.807, 2.05) is 44.2 Å². The quantitative estimate of drug-likeness (QED) is 0.109. The predicted molar refractivity (Wildman–Crippen MR) is 172 cm³/mol. The Morgan fingerprint density at radius 3 is 2.50 bits per heavy atom. The molecule has 0 unspecified atom stereocenters. The Morgan fingerprint density at radius 2 is 1.83 bits per heavy atom. The lowest BCUT2D eigenvalue weighted by Gasteiger charge is -2.18. The highest BCUT2D eigenvalue weighted by Gasteiger charge is 2.21. The Morgan fingerprint density at radius 1 is 1.10 bits per heavy atom. The standard InChI is InChI=1S/C32H34IN3O6/c1-8-41-28-15-21(14-25(33)29(28)42-20(5)32(38)40-7)17-34-36-30(35-26-12-10-9-11-22(26)31(36)37)24-16-23(18(2)3)27(39-6)13-19(24)4/h9-18,20H,8H2,1-7H3/t20-/m1/s1. The van der Waals surface area contributed by atoms with Gasteiger partial charge in [-0.2, -0.15) is 9.78 Å². The number of esters is 1. The average Bonchev–Trinajstić information content (AvgIpc) is 2.97. The summed E-state index contributed by atoms with van der Waals surface area (Å²) in [6.45, 7) is 9.99. The molecule has 42 heavy (non-hydrogen) atoms. The molecule has 1 atom stereocenters. The number of rotatable bonds is 10. The summed E-state index contributed by atoms with van der Waals surface area (Å²) in [4.78, 5) is 30.6. The molecule has 1 heterocycles. The van der Waals surface area contributed by atoms with Crippen molar-refractivity contribution in [1.29, 1.82) is 0 Å². The van der Waals surface area contributed by atoms with Gasteiger partial charge in [-0.25, -0.2) is 9.78 Å². The first kappa shape index (κ1) is 31.0. The lowest BCUT2D eigenvalue weighted by molar-refractivity contribution is -0.148. The van der Waals surface area contributed by atoms with Gasteiger partial charge in [0.05, 0.1) is 41.5 Å². The number of aromatic nitrogens is 2. The number of halogens is 1. The van der Waals surface area contributed by atoms with E-state index in [0.29, 0.717) is 44.0 Å². The minimum atomic E-state index is -0.824. The summed E-state index contributed by atoms with van der Waals surface area (Å²) in [5.41, 5.74) is 3.64. The highest BCUT2D eigenvalue weighted by atomic mass is 127. The van der Waals surface area contributed by atoms with Crippen LogP contribution in [0.3, 0.4) is 0 Å². The minimum absolute atomic E-state index is 0.185. The third-order valence-corrected chi connectivity index (χ3v) is 7.48. The lowest BCUT2D eigenvalue weighted by Crippen LogP contribution is -2.25. The van der Waals surface area contributed by atoms with Crippen LogP contribution in [0.2, 0.25) is 0 Å². The highest BCUT2D eigenvalue weighted by molar-refractivity contribution is 14.1. The number of aryl methyl sites for hydroxylation is 1. The van der Waals surface area contributed by atoms with Crippen molar-refractivity contribution in [1.82, 2.24) is 9.66 Å². The van der Waals surface area contributed by atoms with Crippen molar-refractivity contribution in [2.24, 2.45) is 5.10 Å². The molecule has 1 aromatic heterocycles. The first-order valence-corrected chi connectivity index (χ1v) is 14.6. The van der Waals surface area contributed by atoms with Gasteiger partial charge in [0.15, 0.2) is 23.4 Å². The van der Waals surface area contributed by atoms with E-state index in [1.165, 1.54) is 11.8 Å². The van der Waals surface area contributed by atoms with Crippen LogP contribution >= 0.6 is 22.6 Å². The smallest absolute Gasteiger partial charge is 0.346 e.